The molecule has 0 saturated heterocycles. The van der Waals surface area contributed by atoms with E-state index in [-0.39, 0.29) is 5.91 Å². The van der Waals surface area contributed by atoms with Crippen LogP contribution < -0.4 is 0 Å². The first-order valence-electron chi connectivity index (χ1n) is 6.42. The van der Waals surface area contributed by atoms with Gasteiger partial charge in [0.2, 0.25) is 5.91 Å². The second-order valence-corrected chi connectivity index (χ2v) is 4.60. The molecule has 98 valence electrons. The minimum atomic E-state index is 0.160. The second kappa shape index (κ2) is 6.69. The summed E-state index contributed by atoms with van der Waals surface area (Å²) in [5, 5.41) is 0. The van der Waals surface area contributed by atoms with E-state index in [0.29, 0.717) is 13.0 Å². The minimum Gasteiger partial charge on any atom is -0.341 e. The SMILES string of the molecule is CN(Cc1cccnc1)C(=O)CCc1ccccc1. The Morgan fingerprint density at radius 3 is 2.53 bits per heavy atom. The standard InChI is InChI=1S/C16H18N2O/c1-18(13-15-8-5-11-17-12-15)16(19)10-9-14-6-3-2-4-7-14/h2-8,11-12H,9-10,13H2,1H3. The van der Waals surface area contributed by atoms with Crippen LogP contribution in [-0.4, -0.2) is 22.8 Å². The van der Waals surface area contributed by atoms with Crippen molar-refractivity contribution in [2.24, 2.45) is 0 Å². The van der Waals surface area contributed by atoms with Crippen molar-refractivity contribution in [1.82, 2.24) is 9.88 Å². The summed E-state index contributed by atoms with van der Waals surface area (Å²) in [5.74, 6) is 0.160. The zero-order valence-electron chi connectivity index (χ0n) is 11.1. The number of benzene rings is 1. The van der Waals surface area contributed by atoms with Gasteiger partial charge in [0, 0.05) is 32.4 Å². The first-order valence-corrected chi connectivity index (χ1v) is 6.42. The van der Waals surface area contributed by atoms with E-state index < -0.39 is 0 Å². The predicted molar refractivity (Wildman–Crippen MR) is 75.5 cm³/mol. The average molecular weight is 254 g/mol. The summed E-state index contributed by atoms with van der Waals surface area (Å²) in [4.78, 5) is 17.8. The number of rotatable bonds is 5. The largest absolute Gasteiger partial charge is 0.341 e. The molecule has 1 amide bonds. The lowest BCUT2D eigenvalue weighted by Gasteiger charge is -2.17. The van der Waals surface area contributed by atoms with Gasteiger partial charge in [0.25, 0.3) is 0 Å². The van der Waals surface area contributed by atoms with E-state index in [0.717, 1.165) is 12.0 Å². The quantitative estimate of drug-likeness (QED) is 0.822. The minimum absolute atomic E-state index is 0.160. The van der Waals surface area contributed by atoms with Crippen LogP contribution in [-0.2, 0) is 17.8 Å². The molecule has 0 atom stereocenters. The summed E-state index contributed by atoms with van der Waals surface area (Å²) in [5.41, 5.74) is 2.25. The molecule has 0 aliphatic rings. The molecular weight excluding hydrogens is 236 g/mol. The average Bonchev–Trinajstić information content (AvgIpc) is 2.47. The normalized spacial score (nSPS) is 10.2. The van der Waals surface area contributed by atoms with Crippen molar-refractivity contribution < 1.29 is 4.79 Å². The van der Waals surface area contributed by atoms with Crippen LogP contribution in [0.3, 0.4) is 0 Å². The van der Waals surface area contributed by atoms with Gasteiger partial charge in [0.15, 0.2) is 0 Å². The Morgan fingerprint density at radius 2 is 1.84 bits per heavy atom. The van der Waals surface area contributed by atoms with Crippen LogP contribution in [0.5, 0.6) is 0 Å². The maximum atomic E-state index is 12.0. The van der Waals surface area contributed by atoms with Crippen molar-refractivity contribution in [2.75, 3.05) is 7.05 Å². The Kier molecular flexibility index (Phi) is 4.67. The van der Waals surface area contributed by atoms with Crippen LogP contribution in [0, 0.1) is 0 Å². The van der Waals surface area contributed by atoms with E-state index in [1.165, 1.54) is 5.56 Å². The van der Waals surface area contributed by atoms with Crippen LogP contribution in [0.25, 0.3) is 0 Å². The number of carbonyl (C=O) groups excluding carboxylic acids is 1. The van der Waals surface area contributed by atoms with Crippen LogP contribution in [0.2, 0.25) is 0 Å². The highest BCUT2D eigenvalue weighted by Gasteiger charge is 2.09. The highest BCUT2D eigenvalue weighted by molar-refractivity contribution is 5.76. The van der Waals surface area contributed by atoms with Crippen LogP contribution >= 0.6 is 0 Å². The molecule has 1 aromatic carbocycles. The highest BCUT2D eigenvalue weighted by Crippen LogP contribution is 2.06. The maximum absolute atomic E-state index is 12.0. The molecule has 0 aliphatic heterocycles. The van der Waals surface area contributed by atoms with E-state index in [2.05, 4.69) is 4.98 Å². The summed E-state index contributed by atoms with van der Waals surface area (Å²) in [7, 11) is 1.83. The number of hydrogen-bond donors (Lipinski definition) is 0. The van der Waals surface area contributed by atoms with E-state index in [9.17, 15) is 4.79 Å². The van der Waals surface area contributed by atoms with Crippen LogP contribution in [0.4, 0.5) is 0 Å². The third kappa shape index (κ3) is 4.21. The first-order chi connectivity index (χ1) is 9.25. The van der Waals surface area contributed by atoms with Gasteiger partial charge in [-0.05, 0) is 23.6 Å². The molecule has 2 aromatic rings. The first kappa shape index (κ1) is 13.3. The number of carbonyl (C=O) groups is 1. The summed E-state index contributed by atoms with van der Waals surface area (Å²) < 4.78 is 0. The molecule has 0 radical (unpaired) electrons. The fourth-order valence-electron chi connectivity index (χ4n) is 1.94. The van der Waals surface area contributed by atoms with Gasteiger partial charge >= 0.3 is 0 Å². The Hall–Kier alpha value is -2.16. The molecule has 0 bridgehead atoms. The van der Waals surface area contributed by atoms with Gasteiger partial charge in [-0.25, -0.2) is 0 Å². The van der Waals surface area contributed by atoms with E-state index in [1.807, 2.05) is 49.5 Å². The lowest BCUT2D eigenvalue weighted by molar-refractivity contribution is -0.130. The van der Waals surface area contributed by atoms with Gasteiger partial charge in [-0.2, -0.15) is 0 Å². The summed E-state index contributed by atoms with van der Waals surface area (Å²) >= 11 is 0. The molecule has 3 heteroatoms. The number of nitrogens with zero attached hydrogens (tertiary/aromatic N) is 2. The molecule has 0 unspecified atom stereocenters. The smallest absolute Gasteiger partial charge is 0.222 e. The molecule has 0 spiro atoms. The molecule has 3 nitrogen and oxygen atoms in total. The Bertz CT molecular complexity index is 511. The molecule has 2 rings (SSSR count). The van der Waals surface area contributed by atoms with Crippen LogP contribution in [0.1, 0.15) is 17.5 Å². The monoisotopic (exact) mass is 254 g/mol. The van der Waals surface area contributed by atoms with Gasteiger partial charge in [0.05, 0.1) is 0 Å². The lowest BCUT2D eigenvalue weighted by atomic mass is 10.1. The number of pyridine rings is 1. The van der Waals surface area contributed by atoms with Gasteiger partial charge in [0.1, 0.15) is 0 Å². The maximum Gasteiger partial charge on any atom is 0.222 e. The highest BCUT2D eigenvalue weighted by atomic mass is 16.2. The Balaban J connectivity index is 1.83. The zero-order chi connectivity index (χ0) is 13.5. The van der Waals surface area contributed by atoms with Crippen molar-refractivity contribution in [3.8, 4) is 0 Å². The molecule has 19 heavy (non-hydrogen) atoms. The van der Waals surface area contributed by atoms with Crippen LogP contribution in [0.15, 0.2) is 54.9 Å². The summed E-state index contributed by atoms with van der Waals surface area (Å²) in [6.45, 7) is 0.613. The number of aryl methyl sites for hydroxylation is 1. The fourth-order valence-corrected chi connectivity index (χ4v) is 1.94. The van der Waals surface area contributed by atoms with Crippen molar-refractivity contribution >= 4 is 5.91 Å². The van der Waals surface area contributed by atoms with Crippen molar-refractivity contribution in [3.63, 3.8) is 0 Å². The molecule has 0 aliphatic carbocycles. The van der Waals surface area contributed by atoms with E-state index in [4.69, 9.17) is 0 Å². The second-order valence-electron chi connectivity index (χ2n) is 4.60. The summed E-state index contributed by atoms with van der Waals surface area (Å²) in [6.07, 6.45) is 4.86. The van der Waals surface area contributed by atoms with Gasteiger partial charge < -0.3 is 4.90 Å². The van der Waals surface area contributed by atoms with E-state index >= 15 is 0 Å². The topological polar surface area (TPSA) is 33.2 Å². The van der Waals surface area contributed by atoms with Crippen molar-refractivity contribution in [3.05, 3.63) is 66.0 Å². The van der Waals surface area contributed by atoms with Gasteiger partial charge in [-0.1, -0.05) is 36.4 Å². The third-order valence-electron chi connectivity index (χ3n) is 3.04. The van der Waals surface area contributed by atoms with Gasteiger partial charge in [-0.3, -0.25) is 9.78 Å². The molecule has 0 fully saturated rings. The number of hydrogen-bond acceptors (Lipinski definition) is 2. The number of aromatic nitrogens is 1. The zero-order valence-corrected chi connectivity index (χ0v) is 11.1. The predicted octanol–water partition coefficient (Wildman–Crippen LogP) is 2.67. The van der Waals surface area contributed by atoms with Crippen molar-refractivity contribution in [2.45, 2.75) is 19.4 Å². The summed E-state index contributed by atoms with van der Waals surface area (Å²) in [6, 6.07) is 14.0. The van der Waals surface area contributed by atoms with Gasteiger partial charge in [-0.15, -0.1) is 0 Å². The Labute approximate surface area is 113 Å². The van der Waals surface area contributed by atoms with E-state index in [1.54, 1.807) is 17.3 Å². The molecule has 0 N–H and O–H groups in total. The fraction of sp³-hybridized carbons (Fsp3) is 0.250. The molecular formula is C16H18N2O. The third-order valence-corrected chi connectivity index (χ3v) is 3.04. The molecule has 0 saturated carbocycles. The molecule has 1 aromatic heterocycles. The molecule has 1 heterocycles. The van der Waals surface area contributed by atoms with Crippen molar-refractivity contribution in [1.29, 1.82) is 0 Å². The number of amides is 1. The lowest BCUT2D eigenvalue weighted by Crippen LogP contribution is -2.26. The Morgan fingerprint density at radius 1 is 1.11 bits per heavy atom.